The van der Waals surface area contributed by atoms with Crippen LogP contribution in [0.4, 0.5) is 5.82 Å². The molecule has 0 fully saturated rings. The minimum atomic E-state index is -1.54. The largest absolute Gasteiger partial charge is 0.488 e. The molecule has 0 saturated carbocycles. The maximum Gasteiger partial charge on any atom is 0.488 e. The molecule has 3 aromatic heterocycles. The van der Waals surface area contributed by atoms with E-state index in [2.05, 4.69) is 20.3 Å². The van der Waals surface area contributed by atoms with E-state index in [9.17, 15) is 14.8 Å². The topological polar surface area (TPSA) is 148 Å². The summed E-state index contributed by atoms with van der Waals surface area (Å²) < 4.78 is 7.46. The molecule has 32 heavy (non-hydrogen) atoms. The van der Waals surface area contributed by atoms with Crippen molar-refractivity contribution in [2.75, 3.05) is 11.9 Å². The smallest absolute Gasteiger partial charge is 0.487 e. The molecule has 0 radical (unpaired) electrons. The Morgan fingerprint density at radius 2 is 2.12 bits per heavy atom. The highest BCUT2D eigenvalue weighted by molar-refractivity contribution is 6.58. The Bertz CT molecular complexity index is 1340. The van der Waals surface area contributed by atoms with Crippen LogP contribution in [0.3, 0.4) is 0 Å². The van der Waals surface area contributed by atoms with Crippen LogP contribution in [0.25, 0.3) is 17.2 Å². The lowest BCUT2D eigenvalue weighted by atomic mass is 9.80. The van der Waals surface area contributed by atoms with Crippen LogP contribution in [0.1, 0.15) is 21.6 Å². The Morgan fingerprint density at radius 3 is 2.94 bits per heavy atom. The van der Waals surface area contributed by atoms with Gasteiger partial charge in [0.15, 0.2) is 23.2 Å². The van der Waals surface area contributed by atoms with Crippen molar-refractivity contribution >= 4 is 29.8 Å². The number of anilines is 1. The minimum absolute atomic E-state index is 0.361. The third kappa shape index (κ3) is 3.53. The van der Waals surface area contributed by atoms with Crippen molar-refractivity contribution in [2.24, 2.45) is 5.73 Å². The van der Waals surface area contributed by atoms with E-state index in [1.807, 2.05) is 6.07 Å². The molecule has 1 aliphatic rings. The number of pyridine rings is 1. The fourth-order valence-electron chi connectivity index (χ4n) is 3.73. The summed E-state index contributed by atoms with van der Waals surface area (Å²) in [6, 6.07) is 10.3. The second kappa shape index (κ2) is 7.95. The molecule has 4 aromatic rings. The van der Waals surface area contributed by atoms with Gasteiger partial charge in [0.1, 0.15) is 0 Å². The average Bonchev–Trinajstić information content (AvgIpc) is 3.44. The third-order valence-electron chi connectivity index (χ3n) is 5.27. The van der Waals surface area contributed by atoms with Gasteiger partial charge in [0.25, 0.3) is 5.91 Å². The molecule has 160 valence electrons. The molecule has 10 nitrogen and oxygen atoms in total. The van der Waals surface area contributed by atoms with Crippen molar-refractivity contribution in [3.63, 3.8) is 0 Å². The van der Waals surface area contributed by atoms with E-state index in [1.165, 1.54) is 0 Å². The molecule has 1 aliphatic heterocycles. The Balaban J connectivity index is 1.52. The van der Waals surface area contributed by atoms with E-state index in [0.29, 0.717) is 59.3 Å². The van der Waals surface area contributed by atoms with Crippen molar-refractivity contribution in [1.29, 1.82) is 0 Å². The van der Waals surface area contributed by atoms with E-state index in [4.69, 9.17) is 10.5 Å². The highest BCUT2D eigenvalue weighted by Gasteiger charge is 2.24. The van der Waals surface area contributed by atoms with Crippen LogP contribution in [0.2, 0.25) is 0 Å². The second-order valence-electron chi connectivity index (χ2n) is 7.37. The lowest BCUT2D eigenvalue weighted by molar-refractivity contribution is 0.100. The number of benzene rings is 1. The first-order chi connectivity index (χ1) is 15.5. The molecule has 0 saturated heterocycles. The van der Waals surface area contributed by atoms with Gasteiger partial charge in [-0.2, -0.15) is 0 Å². The summed E-state index contributed by atoms with van der Waals surface area (Å²) in [5, 5.41) is 22.1. The fourth-order valence-corrected chi connectivity index (χ4v) is 3.73. The van der Waals surface area contributed by atoms with Crippen molar-refractivity contribution in [3.05, 3.63) is 65.6 Å². The van der Waals surface area contributed by atoms with Gasteiger partial charge in [-0.3, -0.25) is 9.20 Å². The molecular weight excluding hydrogens is 411 g/mol. The second-order valence-corrected chi connectivity index (χ2v) is 7.37. The van der Waals surface area contributed by atoms with Crippen LogP contribution in [0.5, 0.6) is 5.75 Å². The highest BCUT2D eigenvalue weighted by Crippen LogP contribution is 2.33. The molecule has 5 rings (SSSR count). The van der Waals surface area contributed by atoms with Crippen molar-refractivity contribution < 1.29 is 19.6 Å². The number of carbonyl (C=O) groups is 1. The molecule has 0 atom stereocenters. The standard InChI is InChI=1S/C21H19BN6O4/c23-18(29)14-5-2-7-28-16(14)11-25-21(28)20-26-15-6-8-32-17(15)19(27-20)24-10-12-3-1-4-13(9-12)22(30)31/h1-5,7,9,11,30-31H,6,8,10H2,(H2,23,29)(H,24,26,27). The third-order valence-corrected chi connectivity index (χ3v) is 5.27. The van der Waals surface area contributed by atoms with Crippen LogP contribution in [-0.2, 0) is 13.0 Å². The SMILES string of the molecule is NC(=O)c1cccn2c(-c3nc4c(c(NCc5cccc(B(O)O)c5)n3)OCC4)ncc12. The molecule has 0 spiro atoms. The van der Waals surface area contributed by atoms with Gasteiger partial charge in [0.2, 0.25) is 0 Å². The van der Waals surface area contributed by atoms with Crippen LogP contribution >= 0.6 is 0 Å². The Labute approximate surface area is 182 Å². The lowest BCUT2D eigenvalue weighted by Crippen LogP contribution is -2.30. The summed E-state index contributed by atoms with van der Waals surface area (Å²) in [6.45, 7) is 0.892. The number of primary amides is 1. The van der Waals surface area contributed by atoms with Gasteiger partial charge >= 0.3 is 7.12 Å². The normalized spacial score (nSPS) is 12.4. The van der Waals surface area contributed by atoms with E-state index in [1.54, 1.807) is 47.1 Å². The number of fused-ring (bicyclic) bond motifs is 2. The Hall–Kier alpha value is -3.96. The number of amides is 1. The van der Waals surface area contributed by atoms with Crippen molar-refractivity contribution in [3.8, 4) is 17.4 Å². The zero-order valence-electron chi connectivity index (χ0n) is 16.9. The van der Waals surface area contributed by atoms with Gasteiger partial charge < -0.3 is 25.8 Å². The van der Waals surface area contributed by atoms with E-state index in [0.717, 1.165) is 11.3 Å². The molecule has 1 amide bonds. The first-order valence-electron chi connectivity index (χ1n) is 10.00. The number of hydrogen-bond donors (Lipinski definition) is 4. The maximum absolute atomic E-state index is 11.7. The lowest BCUT2D eigenvalue weighted by Gasteiger charge is -2.12. The molecule has 4 heterocycles. The number of aromatic nitrogens is 4. The number of hydrogen-bond acceptors (Lipinski definition) is 8. The number of nitrogens with zero attached hydrogens (tertiary/aromatic N) is 4. The predicted octanol–water partition coefficient (Wildman–Crippen LogP) is 0.117. The molecular formula is C21H19BN6O4. The van der Waals surface area contributed by atoms with Crippen molar-refractivity contribution in [1.82, 2.24) is 19.4 Å². The summed E-state index contributed by atoms with van der Waals surface area (Å²) in [5.41, 5.74) is 8.43. The maximum atomic E-state index is 11.7. The number of nitrogens with two attached hydrogens (primary N) is 1. The fraction of sp³-hybridized carbons (Fsp3) is 0.143. The summed E-state index contributed by atoms with van der Waals surface area (Å²) >= 11 is 0. The number of ether oxygens (including phenoxy) is 1. The van der Waals surface area contributed by atoms with Crippen LogP contribution in [0.15, 0.2) is 48.8 Å². The van der Waals surface area contributed by atoms with Gasteiger partial charge in [-0.15, -0.1) is 0 Å². The molecule has 11 heteroatoms. The van der Waals surface area contributed by atoms with Gasteiger partial charge in [0.05, 0.1) is 29.6 Å². The molecule has 1 aromatic carbocycles. The minimum Gasteiger partial charge on any atom is -0.487 e. The molecule has 0 aliphatic carbocycles. The first-order valence-corrected chi connectivity index (χ1v) is 10.00. The summed E-state index contributed by atoms with van der Waals surface area (Å²) in [6.07, 6.45) is 3.98. The highest BCUT2D eigenvalue weighted by atomic mass is 16.5. The van der Waals surface area contributed by atoms with E-state index >= 15 is 0 Å². The molecule has 0 unspecified atom stereocenters. The Morgan fingerprint density at radius 1 is 1.25 bits per heavy atom. The summed E-state index contributed by atoms with van der Waals surface area (Å²) in [4.78, 5) is 25.4. The quantitative estimate of drug-likeness (QED) is 0.315. The van der Waals surface area contributed by atoms with Gasteiger partial charge in [-0.25, -0.2) is 15.0 Å². The predicted molar refractivity (Wildman–Crippen MR) is 118 cm³/mol. The van der Waals surface area contributed by atoms with Gasteiger partial charge in [-0.1, -0.05) is 24.3 Å². The molecule has 0 bridgehead atoms. The van der Waals surface area contributed by atoms with E-state index in [-0.39, 0.29) is 0 Å². The average molecular weight is 430 g/mol. The van der Waals surface area contributed by atoms with Crippen molar-refractivity contribution in [2.45, 2.75) is 13.0 Å². The first kappa shape index (κ1) is 20.0. The number of imidazole rings is 1. The van der Waals surface area contributed by atoms with Crippen LogP contribution < -0.4 is 21.3 Å². The Kier molecular flexibility index (Phi) is 4.96. The zero-order valence-corrected chi connectivity index (χ0v) is 16.9. The van der Waals surface area contributed by atoms with E-state index < -0.39 is 13.0 Å². The number of rotatable bonds is 6. The zero-order chi connectivity index (χ0) is 22.2. The summed E-state index contributed by atoms with van der Waals surface area (Å²) in [5.74, 6) is 1.43. The number of nitrogens with one attached hydrogen (secondary N) is 1. The summed E-state index contributed by atoms with van der Waals surface area (Å²) in [7, 11) is -1.54. The van der Waals surface area contributed by atoms with Gasteiger partial charge in [-0.05, 0) is 23.2 Å². The van der Waals surface area contributed by atoms with Crippen LogP contribution in [0, 0.1) is 0 Å². The monoisotopic (exact) mass is 430 g/mol. The van der Waals surface area contributed by atoms with Crippen LogP contribution in [-0.4, -0.2) is 49.0 Å². The molecule has 5 N–H and O–H groups in total. The van der Waals surface area contributed by atoms with Gasteiger partial charge in [0, 0.05) is 19.2 Å². The number of carbonyl (C=O) groups excluding carboxylic acids is 1.